The lowest BCUT2D eigenvalue weighted by Crippen LogP contribution is -2.18. The molecule has 1 saturated heterocycles. The van der Waals surface area contributed by atoms with E-state index in [1.54, 1.807) is 0 Å². The summed E-state index contributed by atoms with van der Waals surface area (Å²) in [6.45, 7) is 1.23. The number of rotatable bonds is 2. The molecule has 1 aliphatic heterocycles. The Morgan fingerprint density at radius 1 is 1.60 bits per heavy atom. The fraction of sp³-hybridized carbons (Fsp3) is 1.00. The SMILES string of the molecule is CN1CC(O)C(CCF)C1. The number of aliphatic hydroxyl groups excluding tert-OH is 1. The third-order valence-corrected chi connectivity index (χ3v) is 2.07. The van der Waals surface area contributed by atoms with Crippen LogP contribution in [0.5, 0.6) is 0 Å². The lowest BCUT2D eigenvalue weighted by Gasteiger charge is -2.09. The molecule has 3 heteroatoms. The summed E-state index contributed by atoms with van der Waals surface area (Å²) in [5.41, 5.74) is 0. The van der Waals surface area contributed by atoms with Gasteiger partial charge in [0.15, 0.2) is 0 Å². The van der Waals surface area contributed by atoms with Crippen LogP contribution in [0.1, 0.15) is 6.42 Å². The fourth-order valence-electron chi connectivity index (χ4n) is 1.49. The molecule has 1 N–H and O–H groups in total. The monoisotopic (exact) mass is 147 g/mol. The Hall–Kier alpha value is -0.150. The lowest BCUT2D eigenvalue weighted by molar-refractivity contribution is 0.135. The van der Waals surface area contributed by atoms with Crippen LogP contribution in [0.2, 0.25) is 0 Å². The van der Waals surface area contributed by atoms with E-state index < -0.39 is 0 Å². The summed E-state index contributed by atoms with van der Waals surface area (Å²) in [5, 5.41) is 9.28. The molecule has 1 heterocycles. The van der Waals surface area contributed by atoms with Crippen molar-refractivity contribution in [2.45, 2.75) is 12.5 Å². The van der Waals surface area contributed by atoms with Crippen molar-refractivity contribution in [1.29, 1.82) is 0 Å². The Labute approximate surface area is 60.6 Å². The van der Waals surface area contributed by atoms with Gasteiger partial charge in [-0.2, -0.15) is 0 Å². The first-order valence-electron chi connectivity index (χ1n) is 3.66. The molecule has 0 saturated carbocycles. The summed E-state index contributed by atoms with van der Waals surface area (Å²) < 4.78 is 11.8. The highest BCUT2D eigenvalue weighted by molar-refractivity contribution is 4.81. The second-order valence-corrected chi connectivity index (χ2v) is 3.03. The lowest BCUT2D eigenvalue weighted by atomic mass is 10.0. The van der Waals surface area contributed by atoms with Crippen LogP contribution in [0.15, 0.2) is 0 Å². The summed E-state index contributed by atoms with van der Waals surface area (Å²) in [6, 6.07) is 0. The average Bonchev–Trinajstić information content (AvgIpc) is 2.13. The smallest absolute Gasteiger partial charge is 0.0898 e. The number of hydrogen-bond donors (Lipinski definition) is 1. The molecule has 2 unspecified atom stereocenters. The van der Waals surface area contributed by atoms with E-state index in [4.69, 9.17) is 0 Å². The van der Waals surface area contributed by atoms with Crippen LogP contribution < -0.4 is 0 Å². The highest BCUT2D eigenvalue weighted by Crippen LogP contribution is 2.18. The first-order valence-corrected chi connectivity index (χ1v) is 3.66. The van der Waals surface area contributed by atoms with Crippen molar-refractivity contribution in [3.8, 4) is 0 Å². The van der Waals surface area contributed by atoms with Crippen molar-refractivity contribution in [2.75, 3.05) is 26.8 Å². The Balaban J connectivity index is 2.31. The minimum atomic E-state index is -0.310. The molecule has 1 aliphatic rings. The standard InChI is InChI=1S/C7H14FNO/c1-9-4-6(2-3-8)7(10)5-9/h6-7,10H,2-5H2,1H3. The minimum Gasteiger partial charge on any atom is -0.391 e. The highest BCUT2D eigenvalue weighted by atomic mass is 19.1. The topological polar surface area (TPSA) is 23.5 Å². The van der Waals surface area contributed by atoms with E-state index in [0.717, 1.165) is 6.54 Å². The van der Waals surface area contributed by atoms with Crippen LogP contribution in [0.25, 0.3) is 0 Å². The molecule has 0 bridgehead atoms. The van der Waals surface area contributed by atoms with Crippen molar-refractivity contribution in [2.24, 2.45) is 5.92 Å². The molecule has 0 aromatic rings. The van der Waals surface area contributed by atoms with E-state index in [0.29, 0.717) is 13.0 Å². The van der Waals surface area contributed by atoms with Gasteiger partial charge in [-0.15, -0.1) is 0 Å². The second-order valence-electron chi connectivity index (χ2n) is 3.03. The molecule has 0 aromatic carbocycles. The second kappa shape index (κ2) is 3.30. The third-order valence-electron chi connectivity index (χ3n) is 2.07. The van der Waals surface area contributed by atoms with Gasteiger partial charge in [-0.05, 0) is 13.5 Å². The molecule has 1 rings (SSSR count). The van der Waals surface area contributed by atoms with Crippen molar-refractivity contribution < 1.29 is 9.50 Å². The molecule has 0 spiro atoms. The molecule has 0 aromatic heterocycles. The maximum atomic E-state index is 11.8. The maximum absolute atomic E-state index is 11.8. The van der Waals surface area contributed by atoms with Crippen LogP contribution in [0, 0.1) is 5.92 Å². The molecule has 10 heavy (non-hydrogen) atoms. The van der Waals surface area contributed by atoms with E-state index >= 15 is 0 Å². The number of aliphatic hydroxyl groups is 1. The molecular formula is C7H14FNO. The van der Waals surface area contributed by atoms with Gasteiger partial charge in [0.2, 0.25) is 0 Å². The van der Waals surface area contributed by atoms with E-state index in [2.05, 4.69) is 0 Å². The number of nitrogens with zero attached hydrogens (tertiary/aromatic N) is 1. The first-order chi connectivity index (χ1) is 4.74. The first kappa shape index (κ1) is 7.95. The molecule has 0 amide bonds. The van der Waals surface area contributed by atoms with Gasteiger partial charge in [0.25, 0.3) is 0 Å². The number of likely N-dealkylation sites (tertiary alicyclic amines) is 1. The number of β-amino-alcohol motifs (C(OH)–C–C–N with tert-alkyl or cyclic N) is 1. The fourth-order valence-corrected chi connectivity index (χ4v) is 1.49. The number of halogens is 1. The molecular weight excluding hydrogens is 133 g/mol. The molecule has 2 atom stereocenters. The van der Waals surface area contributed by atoms with E-state index in [9.17, 15) is 9.50 Å². The largest absolute Gasteiger partial charge is 0.391 e. The van der Waals surface area contributed by atoms with Gasteiger partial charge < -0.3 is 10.0 Å². The van der Waals surface area contributed by atoms with E-state index in [1.165, 1.54) is 0 Å². The van der Waals surface area contributed by atoms with Crippen LogP contribution >= 0.6 is 0 Å². The van der Waals surface area contributed by atoms with Crippen molar-refractivity contribution in [3.63, 3.8) is 0 Å². The summed E-state index contributed by atoms with van der Waals surface area (Å²) >= 11 is 0. The van der Waals surface area contributed by atoms with Gasteiger partial charge in [-0.1, -0.05) is 0 Å². The van der Waals surface area contributed by atoms with Gasteiger partial charge >= 0.3 is 0 Å². The van der Waals surface area contributed by atoms with Crippen molar-refractivity contribution in [3.05, 3.63) is 0 Å². The Kier molecular flexibility index (Phi) is 2.63. The van der Waals surface area contributed by atoms with Crippen LogP contribution in [-0.4, -0.2) is 42.9 Å². The van der Waals surface area contributed by atoms with Gasteiger partial charge in [0.1, 0.15) is 0 Å². The summed E-state index contributed by atoms with van der Waals surface area (Å²) in [6.07, 6.45) is 0.201. The summed E-state index contributed by atoms with van der Waals surface area (Å²) in [7, 11) is 1.95. The molecule has 60 valence electrons. The Morgan fingerprint density at radius 3 is 2.70 bits per heavy atom. The number of alkyl halides is 1. The van der Waals surface area contributed by atoms with E-state index in [-0.39, 0.29) is 18.7 Å². The Bertz CT molecular complexity index is 110. The van der Waals surface area contributed by atoms with Gasteiger partial charge in [0.05, 0.1) is 12.8 Å². The average molecular weight is 147 g/mol. The number of hydrogen-bond acceptors (Lipinski definition) is 2. The number of likely N-dealkylation sites (N-methyl/N-ethyl adjacent to an activating group) is 1. The van der Waals surface area contributed by atoms with Gasteiger partial charge in [-0.3, -0.25) is 4.39 Å². The summed E-state index contributed by atoms with van der Waals surface area (Å²) in [5.74, 6) is 0.162. The van der Waals surface area contributed by atoms with Crippen molar-refractivity contribution >= 4 is 0 Å². The van der Waals surface area contributed by atoms with Crippen LogP contribution in [0.3, 0.4) is 0 Å². The molecule has 0 aliphatic carbocycles. The normalized spacial score (nSPS) is 35.1. The van der Waals surface area contributed by atoms with Crippen LogP contribution in [-0.2, 0) is 0 Å². The highest BCUT2D eigenvalue weighted by Gasteiger charge is 2.28. The third kappa shape index (κ3) is 1.67. The van der Waals surface area contributed by atoms with Gasteiger partial charge in [0, 0.05) is 19.0 Å². The Morgan fingerprint density at radius 2 is 2.30 bits per heavy atom. The van der Waals surface area contributed by atoms with Gasteiger partial charge in [-0.25, -0.2) is 0 Å². The van der Waals surface area contributed by atoms with E-state index in [1.807, 2.05) is 11.9 Å². The molecule has 0 radical (unpaired) electrons. The van der Waals surface area contributed by atoms with Crippen molar-refractivity contribution in [1.82, 2.24) is 4.90 Å². The predicted molar refractivity (Wildman–Crippen MR) is 37.6 cm³/mol. The maximum Gasteiger partial charge on any atom is 0.0898 e. The van der Waals surface area contributed by atoms with Crippen LogP contribution in [0.4, 0.5) is 4.39 Å². The molecule has 2 nitrogen and oxygen atoms in total. The minimum absolute atomic E-state index is 0.162. The predicted octanol–water partition coefficient (Wildman–Crippen LogP) is 0.268. The quantitative estimate of drug-likeness (QED) is 0.606. The summed E-state index contributed by atoms with van der Waals surface area (Å²) in [4.78, 5) is 2.03. The zero-order chi connectivity index (χ0) is 7.56. The molecule has 1 fully saturated rings. The zero-order valence-corrected chi connectivity index (χ0v) is 6.26. The zero-order valence-electron chi connectivity index (χ0n) is 6.26.